The maximum Gasteiger partial charge on any atom is 0 e. The van der Waals surface area contributed by atoms with Crippen molar-refractivity contribution in [1.29, 1.82) is 0 Å². The van der Waals surface area contributed by atoms with Gasteiger partial charge < -0.3 is 77.6 Å². The van der Waals surface area contributed by atoms with Gasteiger partial charge >= 0.3 is 114 Å². The number of nitrogens with zero attached hydrogens (tertiary/aromatic N) is 1. The molecule has 1 fully saturated rings. The fourth-order valence-electron chi connectivity index (χ4n) is 11.1. The predicted octanol–water partition coefficient (Wildman–Crippen LogP) is 17.1. The number of amides is 2. The zero-order valence-corrected chi connectivity index (χ0v) is 82.9. The average molecular weight is 2390 g/mol. The van der Waals surface area contributed by atoms with E-state index in [4.69, 9.17) is 36.6 Å². The minimum atomic E-state index is -1.10. The van der Waals surface area contributed by atoms with Gasteiger partial charge in [-0.1, -0.05) is 57.7 Å². The van der Waals surface area contributed by atoms with Crippen molar-refractivity contribution in [2.45, 2.75) is 135 Å². The van der Waals surface area contributed by atoms with Crippen molar-refractivity contribution in [3.63, 3.8) is 0 Å². The number of hydrogen-bond donors (Lipinski definition) is 10. The summed E-state index contributed by atoms with van der Waals surface area (Å²) in [5, 5.41) is 43.7. The third-order valence-corrected chi connectivity index (χ3v) is 16.4. The Morgan fingerprint density at radius 3 is 1.19 bits per heavy atom. The number of carbonyl (C=O) groups excluding carboxylic acids is 2. The van der Waals surface area contributed by atoms with E-state index in [0.717, 1.165) is 70.9 Å². The topological polar surface area (TPSA) is 299 Å². The van der Waals surface area contributed by atoms with Crippen LogP contribution in [0, 0.1) is 53.5 Å². The van der Waals surface area contributed by atoms with Crippen LogP contribution in [0.25, 0.3) is 0 Å². The summed E-state index contributed by atoms with van der Waals surface area (Å²) in [4.78, 5) is 28.2. The minimum absolute atomic E-state index is 0. The number of nitrogens with one attached hydrogen (secondary N) is 4. The van der Waals surface area contributed by atoms with E-state index in [9.17, 15) is 60.0 Å². The van der Waals surface area contributed by atoms with Crippen LogP contribution in [0.2, 0.25) is 2.82 Å². The Balaban J connectivity index is 0.00000158. The summed E-state index contributed by atoms with van der Waals surface area (Å²) < 4.78 is 159. The van der Waals surface area contributed by atoms with Crippen molar-refractivity contribution in [3.05, 3.63) is 266 Å². The van der Waals surface area contributed by atoms with Crippen LogP contribution in [0.1, 0.15) is 99.3 Å². The molecule has 0 unspecified atom stereocenters. The van der Waals surface area contributed by atoms with Gasteiger partial charge in [0.05, 0.1) is 58.4 Å². The zero-order valence-electron chi connectivity index (χ0n) is 68.1. The van der Waals surface area contributed by atoms with Gasteiger partial charge in [-0.3, -0.25) is 18.7 Å². The van der Waals surface area contributed by atoms with E-state index in [0.29, 0.717) is 88.8 Å². The SMILES string of the molecule is C.CCCN(CCC)C(=O)c1cc(C)cc(C(=O)N[C@@H](Cc2cc(F)cc(F)c2)[C@H](O)CNCc2cccc(OC)c2)c1.COc1cccc(CNC[C@@H](O)[C@@H](N)Cc2cc(F)cc(F)c2)c1.CP=O.CP=O.[3H]N[C@@H](Cc1cc(F)cc(F)c1)[C@H](O)CNCc1cccc(OC)c1.[3H]N[C@@H](Cc1cc(F)cc(F)c1)[C@H]1CO1.[I][V]([I])[I].[I][V][I].[V]. The van der Waals surface area contributed by atoms with Crippen LogP contribution in [-0.4, -0.2) is 155 Å². The minimum Gasteiger partial charge on any atom is 0 e. The smallest absolute Gasteiger partial charge is 0 e. The van der Waals surface area contributed by atoms with Crippen molar-refractivity contribution in [3.8, 4) is 17.2 Å². The number of epoxide rings is 1. The van der Waals surface area contributed by atoms with Crippen LogP contribution in [0.15, 0.2) is 164 Å². The number of aliphatic hydroxyl groups is 3. The normalized spacial score (nSPS) is 13.4. The summed E-state index contributed by atoms with van der Waals surface area (Å²) >= 11 is 12.1. The average Bonchev–Trinajstić information content (AvgIpc) is 1.77. The number of aryl methyl sites for hydroxylation is 1. The molecule has 9 rings (SSSR count). The van der Waals surface area contributed by atoms with E-state index in [-0.39, 0.29) is 110 Å². The Morgan fingerprint density at radius 2 is 0.866 bits per heavy atom. The summed E-state index contributed by atoms with van der Waals surface area (Å²) in [6.45, 7) is 12.8. The second-order valence-corrected chi connectivity index (χ2v) is 73.8. The molecule has 0 bridgehead atoms. The molecule has 0 spiro atoms. The van der Waals surface area contributed by atoms with Crippen molar-refractivity contribution in [1.82, 2.24) is 26.2 Å². The zero-order chi connectivity index (χ0) is 88.9. The van der Waals surface area contributed by atoms with Crippen molar-refractivity contribution in [2.24, 2.45) is 17.2 Å². The Hall–Kier alpha value is -3.26. The first kappa shape index (κ1) is 112. The summed E-state index contributed by atoms with van der Waals surface area (Å²) in [7, 11) is 5.74. The molecule has 1 aliphatic rings. The molecule has 8 aromatic carbocycles. The summed E-state index contributed by atoms with van der Waals surface area (Å²) in [6, 6.07) is 38.1. The second-order valence-electron chi connectivity index (χ2n) is 25.9. The number of hydrogen-bond acceptors (Lipinski definition) is 17. The first-order valence-electron chi connectivity index (χ1n) is 37.2. The fourth-order valence-corrected chi connectivity index (χ4v) is 11.1. The molecule has 1 saturated heterocycles. The number of aliphatic hydroxyl groups excluding tert-OH is 3. The summed E-state index contributed by atoms with van der Waals surface area (Å²) in [6.07, 6.45) is -0.485. The molecule has 1 radical (unpaired) electrons. The molecule has 0 saturated carbocycles. The quantitative estimate of drug-likeness (QED) is 0.00755. The molecule has 0 aromatic heterocycles. The molecule has 119 heavy (non-hydrogen) atoms. The van der Waals surface area contributed by atoms with Crippen molar-refractivity contribution in [2.75, 3.05) is 74.0 Å². The number of benzene rings is 8. The van der Waals surface area contributed by atoms with E-state index in [1.807, 2.05) is 93.6 Å². The summed E-state index contributed by atoms with van der Waals surface area (Å²) in [5.41, 5.74) is 16.5. The first-order chi connectivity index (χ1) is 56.8. The molecule has 2 amide bonds. The van der Waals surface area contributed by atoms with Crippen LogP contribution in [0.4, 0.5) is 35.1 Å². The number of methoxy groups -OCH3 is 3. The predicted molar refractivity (Wildman–Crippen MR) is 489 cm³/mol. The third kappa shape index (κ3) is 51.8. The second kappa shape index (κ2) is 67.1. The maximum atomic E-state index is 14.0. The van der Waals surface area contributed by atoms with Gasteiger partial charge in [0, 0.05) is 138 Å². The van der Waals surface area contributed by atoms with Gasteiger partial charge in [-0.05, 0) is 193 Å². The van der Waals surface area contributed by atoms with Gasteiger partial charge in [0.25, 0.3) is 11.8 Å². The van der Waals surface area contributed by atoms with Crippen LogP contribution >= 0.6 is 117 Å². The van der Waals surface area contributed by atoms with Gasteiger partial charge in [0.15, 0.2) is 16.9 Å². The van der Waals surface area contributed by atoms with E-state index in [2.05, 4.69) is 133 Å². The van der Waals surface area contributed by atoms with Crippen LogP contribution in [0.5, 0.6) is 17.2 Å². The molecule has 13 N–H and O–H groups in total. The van der Waals surface area contributed by atoms with Crippen molar-refractivity contribution < 1.29 is 124 Å². The molecule has 19 nitrogen and oxygen atoms in total. The number of ether oxygens (including phenoxy) is 4. The van der Waals surface area contributed by atoms with E-state index in [1.54, 1.807) is 57.8 Å². The van der Waals surface area contributed by atoms with Gasteiger partial charge in [-0.25, -0.2) is 35.1 Å². The monoisotopic (exact) mass is 2380 g/mol. The van der Waals surface area contributed by atoms with Gasteiger partial charge in [0.1, 0.15) is 66.6 Å². The molecule has 1 aliphatic heterocycles. The molecule has 8 atom stereocenters. The standard InChI is InChI=1S/C33H41F2N3O4.2C18H22F2N2O2.C10H11F2NO.2CH3OP.CH4.5HI.3V/c1-5-10-38(11-6-2)33(41)26-13-22(3)12-25(18-26)32(40)37-30(17-24-14-27(34)19-28(35)15-24)31(39)21-36-20-23-8-7-9-29(16-23)42-4;2*1-24-16-4-2-3-12(7-16)10-22-11-18(23)17(21)8-13-5-14(19)9-15(20)6-13;11-7-1-6(2-8(12)4-7)3-9(13)10-5-14-10;2*1-3-2;;;;;;;;;/h7-9,12-16,18-19,30-31,36,39H,5-6,10-11,17,20-21H2,1-4H3,(H,37,40);2*2-7,9,17-18,22-23H,8,10-11,21H2,1H3;1-2,4,9-10H,3,5,13H2;2*1H3;1H4;5*1H;;;/q;;;;;;;;;;;;;+2;+3/p-5/t30-,31+;2*17-,18+;9-,10+;;;;;;;;;;;/m0000.........../s1/i/hT2. The Bertz CT molecular complexity index is 4190. The van der Waals surface area contributed by atoms with Crippen LogP contribution < -0.4 is 52.7 Å². The summed E-state index contributed by atoms with van der Waals surface area (Å²) in [5.74, 6) is -3.76. The Morgan fingerprint density at radius 1 is 0.546 bits per heavy atom. The molecule has 8 aromatic rings. The first-order valence-corrected chi connectivity index (χ1v) is 61.3. The van der Waals surface area contributed by atoms with Gasteiger partial charge in [0.2, 0.25) is 0 Å². The molecular weight excluding hydrogens is 2270 g/mol. The number of rotatable bonds is 36. The molecule has 1 heterocycles. The maximum absolute atomic E-state index is 14.0. The van der Waals surface area contributed by atoms with E-state index in [1.165, 1.54) is 48.5 Å². The molecule has 656 valence electrons. The van der Waals surface area contributed by atoms with E-state index < -0.39 is 88.9 Å². The van der Waals surface area contributed by atoms with Crippen LogP contribution in [-0.2, 0) is 92.1 Å². The Kier molecular flexibility index (Phi) is 63.0. The molecule has 0 aliphatic carbocycles. The number of nitrogens with two attached hydrogens (primary N) is 3. The van der Waals surface area contributed by atoms with E-state index >= 15 is 0 Å². The number of halogens is 13. The third-order valence-electron chi connectivity index (χ3n) is 16.4. The number of carbonyl (C=O) groups is 2. The molecule has 37 heteroatoms. The molecular formula is C82H106F8I5N8O11P2V3. The largest absolute Gasteiger partial charge is 0 e. The van der Waals surface area contributed by atoms with Crippen molar-refractivity contribution >= 4 is 129 Å². The van der Waals surface area contributed by atoms with Crippen LogP contribution in [0.3, 0.4) is 0 Å². The Labute approximate surface area is 779 Å². The fraction of sp³-hybridized carbons (Fsp3) is 0.390. The van der Waals surface area contributed by atoms with Gasteiger partial charge in [-0.15, -0.1) is 0 Å². The van der Waals surface area contributed by atoms with Gasteiger partial charge in [-0.2, -0.15) is 0 Å².